The number of aromatic nitrogens is 4. The number of carbonyl (C=O) groups excluding carboxylic acids is 1. The Morgan fingerprint density at radius 2 is 1.92 bits per heavy atom. The van der Waals surface area contributed by atoms with Crippen molar-refractivity contribution < 1.29 is 9.32 Å². The molecule has 132 valence electrons. The summed E-state index contributed by atoms with van der Waals surface area (Å²) in [7, 11) is 0. The fourth-order valence-corrected chi connectivity index (χ4v) is 3.00. The predicted octanol–water partition coefficient (Wildman–Crippen LogP) is 2.38. The molecule has 2 heterocycles. The van der Waals surface area contributed by atoms with Gasteiger partial charge in [0.2, 0.25) is 23.4 Å². The van der Waals surface area contributed by atoms with E-state index in [4.69, 9.17) is 4.52 Å². The first kappa shape index (κ1) is 16.4. The van der Waals surface area contributed by atoms with Crippen molar-refractivity contribution >= 4 is 5.91 Å². The van der Waals surface area contributed by atoms with Crippen molar-refractivity contribution in [1.29, 1.82) is 0 Å². The second kappa shape index (κ2) is 7.43. The molecule has 26 heavy (non-hydrogen) atoms. The topological polar surface area (TPSA) is 93.8 Å². The number of aryl methyl sites for hydroxylation is 1. The molecule has 7 heteroatoms. The predicted molar refractivity (Wildman–Crippen MR) is 93.9 cm³/mol. The van der Waals surface area contributed by atoms with Crippen LogP contribution in [0.4, 0.5) is 0 Å². The molecule has 2 atom stereocenters. The molecule has 1 saturated carbocycles. The number of hydrogen-bond donors (Lipinski definition) is 1. The molecule has 0 radical (unpaired) electrons. The Labute approximate surface area is 150 Å². The maximum Gasteiger partial charge on any atom is 0.240 e. The first-order chi connectivity index (χ1) is 12.8. The summed E-state index contributed by atoms with van der Waals surface area (Å²) in [5.41, 5.74) is 1.35. The van der Waals surface area contributed by atoms with E-state index in [0.717, 1.165) is 6.42 Å². The third-order valence-corrected chi connectivity index (χ3v) is 4.51. The second-order valence-corrected chi connectivity index (χ2v) is 6.40. The van der Waals surface area contributed by atoms with E-state index in [0.29, 0.717) is 48.8 Å². The number of amides is 1. The SMILES string of the molecule is O=C(CCc1nc(-c2ncccn2)no1)NC[C@@H]1C[C@H]1c1ccccc1. The van der Waals surface area contributed by atoms with Gasteiger partial charge in [0.25, 0.3) is 0 Å². The van der Waals surface area contributed by atoms with Gasteiger partial charge in [-0.25, -0.2) is 9.97 Å². The summed E-state index contributed by atoms with van der Waals surface area (Å²) < 4.78 is 5.16. The van der Waals surface area contributed by atoms with Crippen molar-refractivity contribution in [2.24, 2.45) is 5.92 Å². The van der Waals surface area contributed by atoms with Gasteiger partial charge in [-0.15, -0.1) is 0 Å². The van der Waals surface area contributed by atoms with Gasteiger partial charge in [-0.1, -0.05) is 35.5 Å². The molecule has 7 nitrogen and oxygen atoms in total. The van der Waals surface area contributed by atoms with E-state index in [-0.39, 0.29) is 5.91 Å². The molecule has 1 N–H and O–H groups in total. The number of rotatable bonds is 7. The molecule has 1 aliphatic carbocycles. The van der Waals surface area contributed by atoms with Gasteiger partial charge in [0.1, 0.15) is 0 Å². The number of hydrogen-bond acceptors (Lipinski definition) is 6. The summed E-state index contributed by atoms with van der Waals surface area (Å²) >= 11 is 0. The molecule has 0 spiro atoms. The van der Waals surface area contributed by atoms with Crippen LogP contribution in [0, 0.1) is 5.92 Å². The number of nitrogens with one attached hydrogen (secondary N) is 1. The van der Waals surface area contributed by atoms with Crippen LogP contribution >= 0.6 is 0 Å². The lowest BCUT2D eigenvalue weighted by Crippen LogP contribution is -2.26. The van der Waals surface area contributed by atoms with Gasteiger partial charge in [-0.3, -0.25) is 4.79 Å². The zero-order valence-corrected chi connectivity index (χ0v) is 14.2. The van der Waals surface area contributed by atoms with E-state index < -0.39 is 0 Å². The van der Waals surface area contributed by atoms with Gasteiger partial charge in [0, 0.05) is 31.8 Å². The first-order valence-corrected chi connectivity index (χ1v) is 8.71. The van der Waals surface area contributed by atoms with Crippen molar-refractivity contribution in [3.8, 4) is 11.6 Å². The summed E-state index contributed by atoms with van der Waals surface area (Å²) in [5.74, 6) is 2.26. The minimum Gasteiger partial charge on any atom is -0.356 e. The van der Waals surface area contributed by atoms with Gasteiger partial charge in [-0.05, 0) is 29.9 Å². The van der Waals surface area contributed by atoms with E-state index in [2.05, 4.69) is 49.7 Å². The molecule has 2 aromatic heterocycles. The molecule has 3 aromatic rings. The molecular weight excluding hydrogens is 330 g/mol. The highest BCUT2D eigenvalue weighted by molar-refractivity contribution is 5.76. The van der Waals surface area contributed by atoms with Crippen LogP contribution in [-0.2, 0) is 11.2 Å². The lowest BCUT2D eigenvalue weighted by molar-refractivity contribution is -0.121. The molecule has 1 fully saturated rings. The summed E-state index contributed by atoms with van der Waals surface area (Å²) in [5, 5.41) is 6.85. The highest BCUT2D eigenvalue weighted by Gasteiger charge is 2.37. The fraction of sp³-hybridized carbons (Fsp3) is 0.316. The molecule has 0 bridgehead atoms. The van der Waals surface area contributed by atoms with Crippen LogP contribution < -0.4 is 5.32 Å². The Bertz CT molecular complexity index is 866. The van der Waals surface area contributed by atoms with E-state index in [9.17, 15) is 4.79 Å². The van der Waals surface area contributed by atoms with E-state index in [1.54, 1.807) is 18.5 Å². The molecule has 0 saturated heterocycles. The van der Waals surface area contributed by atoms with Crippen molar-refractivity contribution in [3.63, 3.8) is 0 Å². The zero-order valence-electron chi connectivity index (χ0n) is 14.2. The van der Waals surface area contributed by atoms with Crippen LogP contribution in [0.1, 0.15) is 30.2 Å². The van der Waals surface area contributed by atoms with Gasteiger partial charge in [0.15, 0.2) is 0 Å². The van der Waals surface area contributed by atoms with Crippen LogP contribution in [0.2, 0.25) is 0 Å². The number of benzene rings is 1. The maximum atomic E-state index is 12.0. The van der Waals surface area contributed by atoms with E-state index in [1.807, 2.05) is 6.07 Å². The largest absolute Gasteiger partial charge is 0.356 e. The van der Waals surface area contributed by atoms with Crippen molar-refractivity contribution in [1.82, 2.24) is 25.4 Å². The lowest BCUT2D eigenvalue weighted by atomic mass is 10.1. The molecule has 1 amide bonds. The van der Waals surface area contributed by atoms with Crippen LogP contribution in [0.25, 0.3) is 11.6 Å². The highest BCUT2D eigenvalue weighted by atomic mass is 16.5. The normalized spacial score (nSPS) is 18.5. The molecule has 0 aliphatic heterocycles. The fourth-order valence-electron chi connectivity index (χ4n) is 3.00. The Morgan fingerprint density at radius 3 is 2.73 bits per heavy atom. The van der Waals surface area contributed by atoms with Crippen molar-refractivity contribution in [2.45, 2.75) is 25.2 Å². The Hall–Kier alpha value is -3.09. The lowest BCUT2D eigenvalue weighted by Gasteiger charge is -2.04. The van der Waals surface area contributed by atoms with Gasteiger partial charge < -0.3 is 9.84 Å². The summed E-state index contributed by atoms with van der Waals surface area (Å²) in [4.78, 5) is 24.4. The minimum atomic E-state index is -0.000534. The van der Waals surface area contributed by atoms with Gasteiger partial charge >= 0.3 is 0 Å². The van der Waals surface area contributed by atoms with Crippen LogP contribution in [0.3, 0.4) is 0 Å². The summed E-state index contributed by atoms with van der Waals surface area (Å²) in [6, 6.07) is 12.2. The monoisotopic (exact) mass is 349 g/mol. The van der Waals surface area contributed by atoms with Gasteiger partial charge in [0.05, 0.1) is 0 Å². The third kappa shape index (κ3) is 3.93. The molecule has 4 rings (SSSR count). The highest BCUT2D eigenvalue weighted by Crippen LogP contribution is 2.46. The second-order valence-electron chi connectivity index (χ2n) is 6.40. The van der Waals surface area contributed by atoms with Crippen molar-refractivity contribution in [3.05, 3.63) is 60.2 Å². The van der Waals surface area contributed by atoms with E-state index >= 15 is 0 Å². The molecule has 0 unspecified atom stereocenters. The average molecular weight is 349 g/mol. The third-order valence-electron chi connectivity index (χ3n) is 4.51. The quantitative estimate of drug-likeness (QED) is 0.704. The number of nitrogens with zero attached hydrogens (tertiary/aromatic N) is 4. The van der Waals surface area contributed by atoms with Gasteiger partial charge in [-0.2, -0.15) is 4.98 Å². The smallest absolute Gasteiger partial charge is 0.240 e. The molecule has 1 aromatic carbocycles. The zero-order chi connectivity index (χ0) is 17.8. The van der Waals surface area contributed by atoms with Crippen LogP contribution in [0.5, 0.6) is 0 Å². The summed E-state index contributed by atoms with van der Waals surface area (Å²) in [6.07, 6.45) is 5.09. The maximum absolute atomic E-state index is 12.0. The first-order valence-electron chi connectivity index (χ1n) is 8.71. The van der Waals surface area contributed by atoms with Crippen molar-refractivity contribution in [2.75, 3.05) is 6.54 Å². The number of carbonyl (C=O) groups is 1. The van der Waals surface area contributed by atoms with E-state index in [1.165, 1.54) is 5.56 Å². The molecular formula is C19H19N5O2. The standard InChI is InChI=1S/C19H19N5O2/c25-16(22-12-14-11-15(14)13-5-2-1-3-6-13)7-8-17-23-19(24-26-17)18-20-9-4-10-21-18/h1-6,9-10,14-15H,7-8,11-12H2,(H,22,25)/t14-,15-/m0/s1. The molecule has 1 aliphatic rings. The Morgan fingerprint density at radius 1 is 1.12 bits per heavy atom. The summed E-state index contributed by atoms with van der Waals surface area (Å²) in [6.45, 7) is 0.714. The van der Waals surface area contributed by atoms with Crippen LogP contribution in [0.15, 0.2) is 53.3 Å². The minimum absolute atomic E-state index is 0.000534. The Balaban J connectivity index is 1.21. The average Bonchev–Trinajstić information content (AvgIpc) is 3.33. The van der Waals surface area contributed by atoms with Crippen LogP contribution in [-0.4, -0.2) is 32.6 Å². The Kier molecular flexibility index (Phi) is 4.68.